The maximum Gasteiger partial charge on any atom is 0.272 e. The molecule has 5 nitrogen and oxygen atoms in total. The lowest BCUT2D eigenvalue weighted by Crippen LogP contribution is -2.56. The maximum atomic E-state index is 12.8. The minimum atomic E-state index is 0.0868. The molecule has 26 heavy (non-hydrogen) atoms. The lowest BCUT2D eigenvalue weighted by Gasteiger charge is -2.46. The van der Waals surface area contributed by atoms with Crippen LogP contribution in [-0.4, -0.2) is 65.6 Å². The number of ether oxygens (including phenoxy) is 1. The van der Waals surface area contributed by atoms with Crippen LogP contribution in [0.1, 0.15) is 54.7 Å². The summed E-state index contributed by atoms with van der Waals surface area (Å²) in [6, 6.07) is 6.25. The Hall–Kier alpha value is -1.46. The lowest BCUT2D eigenvalue weighted by molar-refractivity contribution is 0.00896. The highest BCUT2D eigenvalue weighted by Gasteiger charge is 2.49. The largest absolute Gasteiger partial charge is 0.383 e. The number of rotatable bonds is 5. The van der Waals surface area contributed by atoms with Crippen molar-refractivity contribution in [1.82, 2.24) is 14.8 Å². The predicted molar refractivity (Wildman–Crippen MR) is 101 cm³/mol. The van der Waals surface area contributed by atoms with Crippen molar-refractivity contribution >= 4 is 5.91 Å². The molecule has 0 radical (unpaired) electrons. The Kier molecular flexibility index (Phi) is 5.02. The summed E-state index contributed by atoms with van der Waals surface area (Å²) >= 11 is 0. The number of piperidine rings is 1. The van der Waals surface area contributed by atoms with Gasteiger partial charge in [-0.25, -0.2) is 4.98 Å². The van der Waals surface area contributed by atoms with E-state index in [0.29, 0.717) is 11.7 Å². The quantitative estimate of drug-likeness (QED) is 0.813. The first-order valence-electron chi connectivity index (χ1n) is 10.1. The normalized spacial score (nSPS) is 25.8. The maximum absolute atomic E-state index is 12.8. The van der Waals surface area contributed by atoms with Crippen LogP contribution in [0, 0.1) is 12.8 Å². The number of aromatic nitrogens is 1. The third-order valence-corrected chi connectivity index (χ3v) is 6.59. The van der Waals surface area contributed by atoms with Gasteiger partial charge >= 0.3 is 0 Å². The fraction of sp³-hybridized carbons (Fsp3) is 0.714. The number of aryl methyl sites for hydroxylation is 1. The second-order valence-corrected chi connectivity index (χ2v) is 8.42. The van der Waals surface area contributed by atoms with Gasteiger partial charge in [-0.3, -0.25) is 9.69 Å². The van der Waals surface area contributed by atoms with Crippen LogP contribution in [0.2, 0.25) is 0 Å². The van der Waals surface area contributed by atoms with E-state index in [2.05, 4.69) is 9.88 Å². The summed E-state index contributed by atoms with van der Waals surface area (Å²) in [5, 5.41) is 0. The predicted octanol–water partition coefficient (Wildman–Crippen LogP) is 2.89. The molecule has 142 valence electrons. The van der Waals surface area contributed by atoms with Gasteiger partial charge in [0, 0.05) is 44.0 Å². The van der Waals surface area contributed by atoms with Gasteiger partial charge in [0.1, 0.15) is 5.69 Å². The molecular weight excluding hydrogens is 326 g/mol. The second-order valence-electron chi connectivity index (χ2n) is 8.42. The van der Waals surface area contributed by atoms with E-state index in [1.165, 1.54) is 32.2 Å². The van der Waals surface area contributed by atoms with E-state index < -0.39 is 0 Å². The van der Waals surface area contributed by atoms with Crippen LogP contribution < -0.4 is 0 Å². The van der Waals surface area contributed by atoms with Crippen molar-refractivity contribution in [3.63, 3.8) is 0 Å². The Bertz CT molecular complexity index is 650. The smallest absolute Gasteiger partial charge is 0.272 e. The van der Waals surface area contributed by atoms with Crippen molar-refractivity contribution in [3.8, 4) is 0 Å². The Morgan fingerprint density at radius 1 is 1.23 bits per heavy atom. The highest BCUT2D eigenvalue weighted by molar-refractivity contribution is 5.92. The molecule has 0 bridgehead atoms. The summed E-state index contributed by atoms with van der Waals surface area (Å²) in [7, 11) is 1.82. The van der Waals surface area contributed by atoms with Crippen LogP contribution >= 0.6 is 0 Å². The van der Waals surface area contributed by atoms with E-state index in [1.54, 1.807) is 0 Å². The molecule has 3 aliphatic rings. The van der Waals surface area contributed by atoms with Crippen LogP contribution in [0.4, 0.5) is 0 Å². The van der Waals surface area contributed by atoms with Gasteiger partial charge in [-0.15, -0.1) is 0 Å². The average Bonchev–Trinajstić information content (AvgIpc) is 3.42. The first-order chi connectivity index (χ1) is 12.6. The average molecular weight is 357 g/mol. The van der Waals surface area contributed by atoms with Gasteiger partial charge < -0.3 is 9.64 Å². The topological polar surface area (TPSA) is 45.7 Å². The van der Waals surface area contributed by atoms with Gasteiger partial charge in [0.2, 0.25) is 0 Å². The van der Waals surface area contributed by atoms with Gasteiger partial charge in [0.15, 0.2) is 0 Å². The minimum absolute atomic E-state index is 0.0868. The molecule has 1 atom stereocenters. The van der Waals surface area contributed by atoms with Crippen LogP contribution in [0.15, 0.2) is 18.2 Å². The summed E-state index contributed by atoms with van der Waals surface area (Å²) in [6.45, 7) is 5.68. The summed E-state index contributed by atoms with van der Waals surface area (Å²) in [5.41, 5.74) is 1.76. The van der Waals surface area contributed by atoms with E-state index in [-0.39, 0.29) is 11.4 Å². The minimum Gasteiger partial charge on any atom is -0.383 e. The molecule has 1 amide bonds. The van der Waals surface area contributed by atoms with Crippen molar-refractivity contribution in [1.29, 1.82) is 0 Å². The Balaban J connectivity index is 1.43. The standard InChI is InChI=1S/C21H31N3O2/c1-16-4-3-5-19(22-16)20(25)23-12-10-21(11-13-23)9-8-18(15-26-2)24(21)14-17-6-7-17/h3-5,17-18H,6-15H2,1-2H3/t18-/m1/s1. The highest BCUT2D eigenvalue weighted by atomic mass is 16.5. The number of nitrogens with zero attached hydrogens (tertiary/aromatic N) is 3. The molecule has 3 fully saturated rings. The molecule has 0 unspecified atom stereocenters. The molecule has 0 aromatic carbocycles. The van der Waals surface area contributed by atoms with Gasteiger partial charge in [-0.1, -0.05) is 6.07 Å². The molecule has 0 N–H and O–H groups in total. The van der Waals surface area contributed by atoms with Crippen molar-refractivity contribution in [2.24, 2.45) is 5.92 Å². The van der Waals surface area contributed by atoms with E-state index in [4.69, 9.17) is 4.74 Å². The molecule has 3 heterocycles. The number of carbonyl (C=O) groups is 1. The zero-order valence-corrected chi connectivity index (χ0v) is 16.1. The molecule has 1 aromatic rings. The first-order valence-corrected chi connectivity index (χ1v) is 10.1. The third-order valence-electron chi connectivity index (χ3n) is 6.59. The molecule has 5 heteroatoms. The van der Waals surface area contributed by atoms with Gasteiger partial charge in [0.05, 0.1) is 6.61 Å². The Morgan fingerprint density at radius 2 is 2.00 bits per heavy atom. The molecule has 4 rings (SSSR count). The molecule has 2 aliphatic heterocycles. The number of pyridine rings is 1. The fourth-order valence-corrected chi connectivity index (χ4v) is 4.90. The van der Waals surface area contributed by atoms with Crippen molar-refractivity contribution in [2.45, 2.75) is 57.0 Å². The molecule has 2 saturated heterocycles. The van der Waals surface area contributed by atoms with Gasteiger partial charge in [0.25, 0.3) is 5.91 Å². The zero-order valence-electron chi connectivity index (χ0n) is 16.1. The second kappa shape index (κ2) is 7.28. The summed E-state index contributed by atoms with van der Waals surface area (Å²) in [4.78, 5) is 22.0. The molecule has 1 spiro atoms. The first kappa shape index (κ1) is 17.9. The van der Waals surface area contributed by atoms with E-state index in [9.17, 15) is 4.79 Å². The number of hydrogen-bond acceptors (Lipinski definition) is 4. The van der Waals surface area contributed by atoms with Crippen LogP contribution in [0.25, 0.3) is 0 Å². The van der Waals surface area contributed by atoms with E-state index in [1.807, 2.05) is 37.1 Å². The third kappa shape index (κ3) is 3.52. The molecule has 1 saturated carbocycles. The highest BCUT2D eigenvalue weighted by Crippen LogP contribution is 2.44. The van der Waals surface area contributed by atoms with Gasteiger partial charge in [-0.05, 0) is 63.5 Å². The number of hydrogen-bond donors (Lipinski definition) is 0. The van der Waals surface area contributed by atoms with E-state index in [0.717, 1.165) is 44.1 Å². The fourth-order valence-electron chi connectivity index (χ4n) is 4.90. The number of carbonyl (C=O) groups excluding carboxylic acids is 1. The molecule has 1 aromatic heterocycles. The SMILES string of the molecule is COC[C@H]1CCC2(CCN(C(=O)c3cccc(C)n3)CC2)N1CC1CC1. The van der Waals surface area contributed by atoms with Crippen LogP contribution in [0.3, 0.4) is 0 Å². The molecule has 1 aliphatic carbocycles. The van der Waals surface area contributed by atoms with Crippen molar-refractivity contribution in [3.05, 3.63) is 29.6 Å². The van der Waals surface area contributed by atoms with E-state index >= 15 is 0 Å². The number of methoxy groups -OCH3 is 1. The van der Waals surface area contributed by atoms with Crippen molar-refractivity contribution in [2.75, 3.05) is 33.4 Å². The summed E-state index contributed by atoms with van der Waals surface area (Å²) in [6.07, 6.45) is 7.41. The Morgan fingerprint density at radius 3 is 2.65 bits per heavy atom. The Labute approximate surface area is 156 Å². The van der Waals surface area contributed by atoms with Crippen molar-refractivity contribution < 1.29 is 9.53 Å². The van der Waals surface area contributed by atoms with Crippen LogP contribution in [-0.2, 0) is 4.74 Å². The summed E-state index contributed by atoms with van der Waals surface area (Å²) < 4.78 is 5.51. The lowest BCUT2D eigenvalue weighted by atomic mass is 9.84. The van der Waals surface area contributed by atoms with Gasteiger partial charge in [-0.2, -0.15) is 0 Å². The number of likely N-dealkylation sites (tertiary alicyclic amines) is 2. The monoisotopic (exact) mass is 357 g/mol. The van der Waals surface area contributed by atoms with Crippen LogP contribution in [0.5, 0.6) is 0 Å². The zero-order chi connectivity index (χ0) is 18.1. The number of amides is 1. The molecular formula is C21H31N3O2. The summed E-state index contributed by atoms with van der Waals surface area (Å²) in [5.74, 6) is 0.976.